The van der Waals surface area contributed by atoms with E-state index < -0.39 is 5.97 Å². The molecule has 0 amide bonds. The summed E-state index contributed by atoms with van der Waals surface area (Å²) in [6.07, 6.45) is 6.01. The molecule has 0 rings (SSSR count). The van der Waals surface area contributed by atoms with E-state index in [2.05, 4.69) is 6.92 Å². The van der Waals surface area contributed by atoms with Crippen LogP contribution in [0.15, 0.2) is 11.1 Å². The lowest BCUT2D eigenvalue weighted by Gasteiger charge is -2.11. The van der Waals surface area contributed by atoms with Crippen molar-refractivity contribution in [1.29, 1.82) is 0 Å². The largest absolute Gasteiger partial charge is 0.462 e. The normalized spacial score (nSPS) is 11.8. The zero-order valence-corrected chi connectivity index (χ0v) is 14.0. The Morgan fingerprint density at radius 3 is 1.71 bits per heavy atom. The van der Waals surface area contributed by atoms with E-state index in [9.17, 15) is 9.59 Å². The van der Waals surface area contributed by atoms with Gasteiger partial charge in [-0.2, -0.15) is 0 Å². The maximum Gasteiger partial charge on any atom is 0.334 e. The second kappa shape index (κ2) is 12.4. The third-order valence-corrected chi connectivity index (χ3v) is 3.25. The molecule has 0 atom stereocenters. The van der Waals surface area contributed by atoms with E-state index >= 15 is 0 Å². The molecule has 0 aliphatic heterocycles. The average molecular weight is 298 g/mol. The summed E-state index contributed by atoms with van der Waals surface area (Å²) in [4.78, 5) is 24.1. The van der Waals surface area contributed by atoms with Gasteiger partial charge in [-0.3, -0.25) is 0 Å². The zero-order valence-electron chi connectivity index (χ0n) is 14.0. The van der Waals surface area contributed by atoms with Crippen LogP contribution < -0.4 is 0 Å². The molecule has 0 aromatic rings. The van der Waals surface area contributed by atoms with Crippen LogP contribution in [0.4, 0.5) is 0 Å². The molecule has 0 aromatic carbocycles. The highest BCUT2D eigenvalue weighted by molar-refractivity contribution is 5.99. The molecule has 0 heterocycles. The summed E-state index contributed by atoms with van der Waals surface area (Å²) in [6, 6.07) is 0. The predicted molar refractivity (Wildman–Crippen MR) is 84.0 cm³/mol. The molecule has 0 N–H and O–H groups in total. The topological polar surface area (TPSA) is 52.6 Å². The van der Waals surface area contributed by atoms with Gasteiger partial charge in [0.2, 0.25) is 0 Å². The zero-order chi connectivity index (χ0) is 16.1. The summed E-state index contributed by atoms with van der Waals surface area (Å²) >= 11 is 0. The van der Waals surface area contributed by atoms with Gasteiger partial charge in [-0.05, 0) is 32.6 Å². The van der Waals surface area contributed by atoms with Gasteiger partial charge in [0.15, 0.2) is 0 Å². The molecule has 0 spiro atoms. The quantitative estimate of drug-likeness (QED) is 0.326. The number of hydrogen-bond acceptors (Lipinski definition) is 4. The van der Waals surface area contributed by atoms with Gasteiger partial charge in [-0.1, -0.05) is 40.0 Å². The van der Waals surface area contributed by atoms with Crippen LogP contribution in [0.2, 0.25) is 0 Å². The number of rotatable bonds is 11. The molecule has 0 bridgehead atoms. The van der Waals surface area contributed by atoms with Gasteiger partial charge in [-0.15, -0.1) is 0 Å². The van der Waals surface area contributed by atoms with Crippen molar-refractivity contribution < 1.29 is 19.1 Å². The molecule has 0 fully saturated rings. The lowest BCUT2D eigenvalue weighted by Crippen LogP contribution is -2.16. The fourth-order valence-electron chi connectivity index (χ4n) is 1.73. The van der Waals surface area contributed by atoms with Crippen molar-refractivity contribution in [2.75, 3.05) is 13.2 Å². The number of ether oxygens (including phenoxy) is 2. The summed E-state index contributed by atoms with van der Waals surface area (Å²) in [5.74, 6) is -0.774. The lowest BCUT2D eigenvalue weighted by molar-refractivity contribution is -0.142. The fourth-order valence-corrected chi connectivity index (χ4v) is 1.73. The lowest BCUT2D eigenvalue weighted by atomic mass is 10.0. The highest BCUT2D eigenvalue weighted by Crippen LogP contribution is 2.16. The summed E-state index contributed by atoms with van der Waals surface area (Å²) in [7, 11) is 0. The molecular formula is C17H30O4. The van der Waals surface area contributed by atoms with Crippen molar-refractivity contribution >= 4 is 11.9 Å². The van der Waals surface area contributed by atoms with Crippen LogP contribution in [0.1, 0.15) is 72.6 Å². The molecule has 4 heteroatoms. The predicted octanol–water partition coefficient (Wildman–Crippen LogP) is 4.18. The number of esters is 2. The van der Waals surface area contributed by atoms with E-state index in [1.807, 2.05) is 13.8 Å². The SMILES string of the molecule is CCCCOC(=O)C(C)=C(CCCC)C(=O)OCCCC. The first-order valence-corrected chi connectivity index (χ1v) is 8.12. The van der Waals surface area contributed by atoms with E-state index in [-0.39, 0.29) is 5.97 Å². The summed E-state index contributed by atoms with van der Waals surface area (Å²) in [5, 5.41) is 0. The summed E-state index contributed by atoms with van der Waals surface area (Å²) in [6.45, 7) is 8.59. The maximum atomic E-state index is 12.1. The molecule has 4 nitrogen and oxygen atoms in total. The van der Waals surface area contributed by atoms with Crippen LogP contribution in [0.3, 0.4) is 0 Å². The molecule has 21 heavy (non-hydrogen) atoms. The van der Waals surface area contributed by atoms with E-state index in [0.717, 1.165) is 38.5 Å². The summed E-state index contributed by atoms with van der Waals surface area (Å²) in [5.41, 5.74) is 0.857. The highest BCUT2D eigenvalue weighted by Gasteiger charge is 2.19. The van der Waals surface area contributed by atoms with Gasteiger partial charge in [-0.25, -0.2) is 9.59 Å². The molecule has 0 saturated carbocycles. The highest BCUT2D eigenvalue weighted by atomic mass is 16.5. The maximum absolute atomic E-state index is 12.1. The van der Waals surface area contributed by atoms with Crippen LogP contribution in [0.25, 0.3) is 0 Å². The minimum atomic E-state index is -0.401. The Labute approximate surface area is 128 Å². The third kappa shape index (κ3) is 8.53. The number of carbonyl (C=O) groups is 2. The molecule has 0 saturated heterocycles. The number of hydrogen-bond donors (Lipinski definition) is 0. The van der Waals surface area contributed by atoms with Crippen molar-refractivity contribution in [2.24, 2.45) is 0 Å². The van der Waals surface area contributed by atoms with Gasteiger partial charge in [0.25, 0.3) is 0 Å². The first-order chi connectivity index (χ1) is 10.1. The minimum absolute atomic E-state index is 0.373. The molecule has 0 radical (unpaired) electrons. The Bertz CT molecular complexity index is 345. The Morgan fingerprint density at radius 2 is 1.24 bits per heavy atom. The Morgan fingerprint density at radius 1 is 0.762 bits per heavy atom. The van der Waals surface area contributed by atoms with Crippen molar-refractivity contribution in [2.45, 2.75) is 72.6 Å². The molecule has 0 aromatic heterocycles. The van der Waals surface area contributed by atoms with Crippen molar-refractivity contribution in [3.05, 3.63) is 11.1 Å². The van der Waals surface area contributed by atoms with Crippen LogP contribution in [0, 0.1) is 0 Å². The van der Waals surface area contributed by atoms with Crippen LogP contribution in [-0.4, -0.2) is 25.2 Å². The Kier molecular flexibility index (Phi) is 11.6. The van der Waals surface area contributed by atoms with E-state index in [1.54, 1.807) is 6.92 Å². The second-order valence-electron chi connectivity index (χ2n) is 5.19. The van der Waals surface area contributed by atoms with Gasteiger partial charge < -0.3 is 9.47 Å². The average Bonchev–Trinajstić information content (AvgIpc) is 2.47. The Balaban J connectivity index is 4.77. The van der Waals surface area contributed by atoms with E-state index in [1.165, 1.54) is 0 Å². The van der Waals surface area contributed by atoms with Crippen molar-refractivity contribution in [3.8, 4) is 0 Å². The van der Waals surface area contributed by atoms with Gasteiger partial charge in [0.05, 0.1) is 13.2 Å². The third-order valence-electron chi connectivity index (χ3n) is 3.25. The molecule has 0 unspecified atom stereocenters. The van der Waals surface area contributed by atoms with Crippen LogP contribution in [-0.2, 0) is 19.1 Å². The van der Waals surface area contributed by atoms with Gasteiger partial charge >= 0.3 is 11.9 Å². The first-order valence-electron chi connectivity index (χ1n) is 8.12. The first kappa shape index (κ1) is 19.7. The standard InChI is InChI=1S/C17H30O4/c1-5-8-11-15(17(19)21-13-10-7-3)14(4)16(18)20-12-9-6-2/h5-13H2,1-4H3. The minimum Gasteiger partial charge on any atom is -0.462 e. The van der Waals surface area contributed by atoms with Crippen molar-refractivity contribution in [1.82, 2.24) is 0 Å². The number of carbonyl (C=O) groups excluding carboxylic acids is 2. The Hall–Kier alpha value is -1.32. The van der Waals surface area contributed by atoms with E-state index in [4.69, 9.17) is 9.47 Å². The smallest absolute Gasteiger partial charge is 0.334 e. The second-order valence-corrected chi connectivity index (χ2v) is 5.19. The monoisotopic (exact) mass is 298 g/mol. The number of unbranched alkanes of at least 4 members (excludes halogenated alkanes) is 3. The fraction of sp³-hybridized carbons (Fsp3) is 0.765. The molecule has 0 aliphatic carbocycles. The molecule has 0 aliphatic rings. The summed E-state index contributed by atoms with van der Waals surface area (Å²) < 4.78 is 10.4. The van der Waals surface area contributed by atoms with Crippen molar-refractivity contribution in [3.63, 3.8) is 0 Å². The van der Waals surface area contributed by atoms with E-state index in [0.29, 0.717) is 30.8 Å². The van der Waals surface area contributed by atoms with Gasteiger partial charge in [0, 0.05) is 11.1 Å². The van der Waals surface area contributed by atoms with Crippen LogP contribution in [0.5, 0.6) is 0 Å². The van der Waals surface area contributed by atoms with Gasteiger partial charge in [0.1, 0.15) is 0 Å². The molecular weight excluding hydrogens is 268 g/mol. The molecule has 122 valence electrons. The van der Waals surface area contributed by atoms with Crippen LogP contribution >= 0.6 is 0 Å².